The van der Waals surface area contributed by atoms with Crippen molar-refractivity contribution in [2.45, 2.75) is 51.5 Å². The third-order valence-corrected chi connectivity index (χ3v) is 4.31. The number of hydrogen-bond donors (Lipinski definition) is 2. The zero-order valence-corrected chi connectivity index (χ0v) is 11.5. The van der Waals surface area contributed by atoms with Gasteiger partial charge in [0, 0.05) is 17.8 Å². The van der Waals surface area contributed by atoms with Gasteiger partial charge in [0.15, 0.2) is 5.13 Å². The summed E-state index contributed by atoms with van der Waals surface area (Å²) in [6, 6.07) is 0.541. The van der Waals surface area contributed by atoms with E-state index in [1.54, 1.807) is 11.3 Å². The molecule has 0 spiro atoms. The molecule has 0 bridgehead atoms. The molecular formula is C13H20N2O2S. The second-order valence-corrected chi connectivity index (χ2v) is 6.00. The number of nitrogens with zero attached hydrogens (tertiary/aromatic N) is 1. The number of nitrogens with one attached hydrogen (secondary N) is 1. The highest BCUT2D eigenvalue weighted by atomic mass is 32.1. The van der Waals surface area contributed by atoms with Gasteiger partial charge in [0.25, 0.3) is 0 Å². The summed E-state index contributed by atoms with van der Waals surface area (Å²) >= 11 is 1.58. The van der Waals surface area contributed by atoms with Crippen molar-refractivity contribution in [3.05, 3.63) is 11.1 Å². The minimum absolute atomic E-state index is 0.157. The van der Waals surface area contributed by atoms with Gasteiger partial charge < -0.3 is 10.4 Å². The van der Waals surface area contributed by atoms with Crippen LogP contribution in [0.5, 0.6) is 0 Å². The molecule has 100 valence electrons. The Balaban J connectivity index is 1.81. The molecule has 1 fully saturated rings. The van der Waals surface area contributed by atoms with Gasteiger partial charge in [0.1, 0.15) is 0 Å². The number of rotatable bonds is 5. The van der Waals surface area contributed by atoms with E-state index in [1.165, 1.54) is 25.7 Å². The summed E-state index contributed by atoms with van der Waals surface area (Å²) < 4.78 is 0. The summed E-state index contributed by atoms with van der Waals surface area (Å²) in [6.07, 6.45) is 5.68. The minimum Gasteiger partial charge on any atom is -0.481 e. The van der Waals surface area contributed by atoms with Crippen molar-refractivity contribution in [1.29, 1.82) is 0 Å². The van der Waals surface area contributed by atoms with E-state index in [1.807, 2.05) is 5.38 Å². The third-order valence-electron chi connectivity index (χ3n) is 3.49. The first kappa shape index (κ1) is 13.3. The maximum Gasteiger partial charge on any atom is 0.303 e. The Morgan fingerprint density at radius 1 is 1.50 bits per heavy atom. The average molecular weight is 268 g/mol. The van der Waals surface area contributed by atoms with E-state index in [0.29, 0.717) is 12.5 Å². The highest BCUT2D eigenvalue weighted by Gasteiger charge is 2.18. The number of anilines is 1. The Hall–Kier alpha value is -1.10. The lowest BCUT2D eigenvalue weighted by atomic mass is 9.87. The molecule has 4 nitrogen and oxygen atoms in total. The zero-order chi connectivity index (χ0) is 13.0. The Labute approximate surface area is 111 Å². The monoisotopic (exact) mass is 268 g/mol. The molecule has 0 saturated heterocycles. The Bertz CT molecular complexity index is 397. The summed E-state index contributed by atoms with van der Waals surface area (Å²) in [5.74, 6) is 0.0873. The van der Waals surface area contributed by atoms with Gasteiger partial charge in [-0.25, -0.2) is 4.98 Å². The lowest BCUT2D eigenvalue weighted by Gasteiger charge is -2.26. The molecule has 0 unspecified atom stereocenters. The van der Waals surface area contributed by atoms with Crippen LogP contribution in [0.2, 0.25) is 0 Å². The van der Waals surface area contributed by atoms with Crippen LogP contribution in [0.15, 0.2) is 5.38 Å². The second kappa shape index (κ2) is 6.18. The maximum absolute atomic E-state index is 10.5. The number of hydrogen-bond acceptors (Lipinski definition) is 4. The molecule has 18 heavy (non-hydrogen) atoms. The van der Waals surface area contributed by atoms with Crippen LogP contribution in [-0.2, 0) is 11.2 Å². The fraction of sp³-hybridized carbons (Fsp3) is 0.692. The zero-order valence-electron chi connectivity index (χ0n) is 10.7. The van der Waals surface area contributed by atoms with Crippen molar-refractivity contribution in [2.24, 2.45) is 5.92 Å². The molecule has 0 aromatic carbocycles. The van der Waals surface area contributed by atoms with Gasteiger partial charge in [-0.2, -0.15) is 0 Å². The molecule has 0 radical (unpaired) electrons. The SMILES string of the molecule is CC1CCC(Nc2nc(CCC(=O)O)cs2)CC1. The summed E-state index contributed by atoms with van der Waals surface area (Å²) in [6.45, 7) is 2.31. The first-order valence-corrected chi connectivity index (χ1v) is 7.44. The highest BCUT2D eigenvalue weighted by molar-refractivity contribution is 7.13. The first-order chi connectivity index (χ1) is 8.63. The van der Waals surface area contributed by atoms with Gasteiger partial charge in [-0.15, -0.1) is 11.3 Å². The fourth-order valence-corrected chi connectivity index (χ4v) is 3.13. The maximum atomic E-state index is 10.5. The van der Waals surface area contributed by atoms with E-state index in [2.05, 4.69) is 17.2 Å². The fourth-order valence-electron chi connectivity index (χ4n) is 2.30. The van der Waals surface area contributed by atoms with Crippen molar-refractivity contribution in [1.82, 2.24) is 4.98 Å². The normalized spacial score (nSPS) is 23.8. The van der Waals surface area contributed by atoms with Crippen LogP contribution in [-0.4, -0.2) is 22.1 Å². The van der Waals surface area contributed by atoms with Gasteiger partial charge in [0.2, 0.25) is 0 Å². The van der Waals surface area contributed by atoms with Crippen LogP contribution in [0.25, 0.3) is 0 Å². The summed E-state index contributed by atoms with van der Waals surface area (Å²) in [4.78, 5) is 14.9. The predicted molar refractivity (Wildman–Crippen MR) is 73.1 cm³/mol. The number of carboxylic acid groups (broad SMARTS) is 1. The van der Waals surface area contributed by atoms with Crippen molar-refractivity contribution in [3.8, 4) is 0 Å². The van der Waals surface area contributed by atoms with E-state index in [-0.39, 0.29) is 6.42 Å². The summed E-state index contributed by atoms with van der Waals surface area (Å²) in [7, 11) is 0. The Morgan fingerprint density at radius 3 is 2.89 bits per heavy atom. The van der Waals surface area contributed by atoms with Gasteiger partial charge in [-0.3, -0.25) is 4.79 Å². The molecule has 1 aromatic heterocycles. The minimum atomic E-state index is -0.765. The summed E-state index contributed by atoms with van der Waals surface area (Å²) in [5, 5.41) is 15.0. The van der Waals surface area contributed by atoms with Crippen LogP contribution < -0.4 is 5.32 Å². The molecule has 2 N–H and O–H groups in total. The van der Waals surface area contributed by atoms with Crippen molar-refractivity contribution in [2.75, 3.05) is 5.32 Å². The van der Waals surface area contributed by atoms with Crippen LogP contribution >= 0.6 is 11.3 Å². The van der Waals surface area contributed by atoms with E-state index in [4.69, 9.17) is 5.11 Å². The molecule has 0 aliphatic heterocycles. The first-order valence-electron chi connectivity index (χ1n) is 6.56. The average Bonchev–Trinajstić information content (AvgIpc) is 2.77. The number of carbonyl (C=O) groups is 1. The largest absolute Gasteiger partial charge is 0.481 e. The number of aliphatic carboxylic acids is 1. The topological polar surface area (TPSA) is 62.2 Å². The van der Waals surface area contributed by atoms with Crippen LogP contribution in [0, 0.1) is 5.92 Å². The van der Waals surface area contributed by atoms with Gasteiger partial charge in [0.05, 0.1) is 12.1 Å². The smallest absolute Gasteiger partial charge is 0.303 e. The number of aryl methyl sites for hydroxylation is 1. The van der Waals surface area contributed by atoms with Crippen molar-refractivity contribution in [3.63, 3.8) is 0 Å². The lowest BCUT2D eigenvalue weighted by Crippen LogP contribution is -2.25. The van der Waals surface area contributed by atoms with Gasteiger partial charge >= 0.3 is 5.97 Å². The molecule has 0 amide bonds. The third kappa shape index (κ3) is 3.98. The predicted octanol–water partition coefficient (Wildman–Crippen LogP) is 3.15. The lowest BCUT2D eigenvalue weighted by molar-refractivity contribution is -0.136. The number of thiazole rings is 1. The van der Waals surface area contributed by atoms with E-state index < -0.39 is 5.97 Å². The molecule has 1 heterocycles. The standard InChI is InChI=1S/C13H20N2O2S/c1-9-2-4-10(5-3-9)14-13-15-11(8-18-13)6-7-12(16)17/h8-10H,2-7H2,1H3,(H,14,15)(H,16,17). The van der Waals surface area contributed by atoms with Crippen molar-refractivity contribution < 1.29 is 9.90 Å². The van der Waals surface area contributed by atoms with Gasteiger partial charge in [-0.1, -0.05) is 6.92 Å². The molecule has 2 rings (SSSR count). The molecular weight excluding hydrogens is 248 g/mol. The number of carboxylic acids is 1. The molecule has 5 heteroatoms. The quantitative estimate of drug-likeness (QED) is 0.861. The van der Waals surface area contributed by atoms with E-state index >= 15 is 0 Å². The Kier molecular flexibility index (Phi) is 4.58. The molecule has 1 aliphatic carbocycles. The summed E-state index contributed by atoms with van der Waals surface area (Å²) in [5.41, 5.74) is 0.883. The van der Waals surface area contributed by atoms with Crippen molar-refractivity contribution >= 4 is 22.4 Å². The van der Waals surface area contributed by atoms with Crippen LogP contribution in [0.4, 0.5) is 5.13 Å². The van der Waals surface area contributed by atoms with Crippen LogP contribution in [0.1, 0.15) is 44.7 Å². The highest BCUT2D eigenvalue weighted by Crippen LogP contribution is 2.27. The molecule has 0 atom stereocenters. The van der Waals surface area contributed by atoms with Crippen LogP contribution in [0.3, 0.4) is 0 Å². The molecule has 1 aromatic rings. The van der Waals surface area contributed by atoms with E-state index in [0.717, 1.165) is 16.7 Å². The number of aromatic nitrogens is 1. The molecule has 1 saturated carbocycles. The Morgan fingerprint density at radius 2 is 2.22 bits per heavy atom. The van der Waals surface area contributed by atoms with E-state index in [9.17, 15) is 4.79 Å². The van der Waals surface area contributed by atoms with Gasteiger partial charge in [-0.05, 0) is 31.6 Å². The molecule has 1 aliphatic rings. The second-order valence-electron chi connectivity index (χ2n) is 5.14.